The van der Waals surface area contributed by atoms with Crippen molar-refractivity contribution in [2.24, 2.45) is 50.2 Å². The Kier molecular flexibility index (Phi) is 8.40. The molecule has 4 saturated carbocycles. The number of carboxylic acid groups (broad SMARTS) is 1. The molecule has 0 spiro atoms. The zero-order valence-electron chi connectivity index (χ0n) is 28.7. The summed E-state index contributed by atoms with van der Waals surface area (Å²) in [5.74, 6) is -2.22. The van der Waals surface area contributed by atoms with E-state index in [1.807, 2.05) is 13.8 Å². The first-order valence-corrected chi connectivity index (χ1v) is 17.6. The third-order valence-corrected chi connectivity index (χ3v) is 15.4. The van der Waals surface area contributed by atoms with E-state index in [0.29, 0.717) is 44.9 Å². The second-order valence-electron chi connectivity index (χ2n) is 17.6. The number of carbonyl (C=O) groups excluding carboxylic acids is 1. The fourth-order valence-corrected chi connectivity index (χ4v) is 12.0. The first-order valence-electron chi connectivity index (χ1n) is 17.6. The molecule has 0 aromatic heterocycles. The highest BCUT2D eigenvalue weighted by atomic mass is 16.7. The molecular formula is C36H56O11. The van der Waals surface area contributed by atoms with Crippen molar-refractivity contribution in [3.8, 4) is 0 Å². The molecule has 11 heteroatoms. The van der Waals surface area contributed by atoms with E-state index < -0.39 is 89.0 Å². The Balaban J connectivity index is 1.39. The Morgan fingerprint density at radius 2 is 1.51 bits per heavy atom. The molecule has 6 unspecified atom stereocenters. The number of fused-ring (bicyclic) bond motifs is 7. The quantitative estimate of drug-likeness (QED) is 0.172. The number of aliphatic carboxylic acids is 1. The Hall–Kier alpha value is -1.60. The van der Waals surface area contributed by atoms with Gasteiger partial charge in [-0.15, -0.1) is 0 Å². The zero-order valence-corrected chi connectivity index (χ0v) is 28.7. The maximum atomic E-state index is 14.4. The number of aliphatic hydroxyl groups is 6. The molecule has 5 aliphatic carbocycles. The van der Waals surface area contributed by atoms with Crippen molar-refractivity contribution in [1.29, 1.82) is 0 Å². The number of allylic oxidation sites excluding steroid dienone is 1. The zero-order chi connectivity index (χ0) is 34.7. The maximum absolute atomic E-state index is 14.4. The van der Waals surface area contributed by atoms with Crippen LogP contribution in [0.25, 0.3) is 0 Å². The van der Waals surface area contributed by atoms with Gasteiger partial charge < -0.3 is 45.2 Å². The summed E-state index contributed by atoms with van der Waals surface area (Å²) in [6, 6.07) is 0. The lowest BCUT2D eigenvalue weighted by Crippen LogP contribution is -2.68. The lowest BCUT2D eigenvalue weighted by Gasteiger charge is -2.71. The first-order chi connectivity index (χ1) is 21.8. The average molecular weight is 665 g/mol. The summed E-state index contributed by atoms with van der Waals surface area (Å²) < 4.78 is 11.4. The Morgan fingerprint density at radius 3 is 2.15 bits per heavy atom. The van der Waals surface area contributed by atoms with Crippen LogP contribution in [0.15, 0.2) is 11.6 Å². The van der Waals surface area contributed by atoms with Gasteiger partial charge in [-0.05, 0) is 98.2 Å². The minimum absolute atomic E-state index is 0.135. The molecule has 266 valence electrons. The van der Waals surface area contributed by atoms with Crippen LogP contribution in [0, 0.1) is 50.2 Å². The maximum Gasteiger partial charge on any atom is 0.315 e. The van der Waals surface area contributed by atoms with Crippen LogP contribution in [0.3, 0.4) is 0 Å². The first kappa shape index (κ1) is 35.2. The number of hydrogen-bond donors (Lipinski definition) is 7. The minimum Gasteiger partial charge on any atom is -0.481 e. The number of hydrogen-bond acceptors (Lipinski definition) is 10. The van der Waals surface area contributed by atoms with Gasteiger partial charge in [-0.2, -0.15) is 0 Å². The number of carbonyl (C=O) groups is 2. The standard InChI is InChI=1S/C36H56O11/c1-31(2)13-15-36(30(45)47-28-26(41)25(40)24(39)19(17-37)46-28)16-14-33(4)18(23(36)27(31)42)7-8-20-32(3)11-10-22(38)35(6,29(43)44)21(32)9-12-34(20,33)5/h7,19-28,37-42H,8-17H2,1-6H3,(H,43,44)/t19?,20-,21-,22+,23-,24?,25?,26?,27?,28?,32-,33-,34-,35-,36+/m1/s1. The van der Waals surface area contributed by atoms with Gasteiger partial charge in [0.1, 0.15) is 24.4 Å². The Bertz CT molecular complexity index is 1310. The van der Waals surface area contributed by atoms with Crippen LogP contribution >= 0.6 is 0 Å². The molecule has 6 aliphatic rings. The normalized spacial score (nSPS) is 53.7. The van der Waals surface area contributed by atoms with E-state index in [9.17, 15) is 45.3 Å². The molecule has 0 aromatic rings. The molecule has 1 saturated heterocycles. The molecule has 0 radical (unpaired) electrons. The van der Waals surface area contributed by atoms with Gasteiger partial charge >= 0.3 is 11.9 Å². The van der Waals surface area contributed by atoms with Crippen molar-refractivity contribution < 1.29 is 54.8 Å². The van der Waals surface area contributed by atoms with Crippen molar-refractivity contribution in [1.82, 2.24) is 0 Å². The SMILES string of the molecule is CC1(C)CC[C@]2(C(=O)OC3OC(CO)C(O)C(O)C3O)CC[C@]3(C)C(=CC[C@@H]4[C@@]5(C)CC[C@H](O)[C@](C)(C(=O)O)[C@@H]5CC[C@]43C)[C@@H]2C1O. The minimum atomic E-state index is -1.72. The van der Waals surface area contributed by atoms with Gasteiger partial charge in [-0.1, -0.05) is 46.3 Å². The molecule has 0 amide bonds. The summed E-state index contributed by atoms with van der Waals surface area (Å²) in [5.41, 5.74) is -2.83. The van der Waals surface area contributed by atoms with E-state index in [-0.39, 0.29) is 22.7 Å². The number of rotatable bonds is 4. The Labute approximate surface area is 277 Å². The Morgan fingerprint density at radius 1 is 0.851 bits per heavy atom. The van der Waals surface area contributed by atoms with E-state index in [2.05, 4.69) is 26.8 Å². The molecule has 0 aromatic carbocycles. The summed E-state index contributed by atoms with van der Waals surface area (Å²) >= 11 is 0. The van der Waals surface area contributed by atoms with E-state index in [1.54, 1.807) is 6.92 Å². The monoisotopic (exact) mass is 664 g/mol. The van der Waals surface area contributed by atoms with Crippen LogP contribution in [0.1, 0.15) is 99.3 Å². The summed E-state index contributed by atoms with van der Waals surface area (Å²) in [4.78, 5) is 27.1. The van der Waals surface area contributed by atoms with Crippen LogP contribution < -0.4 is 0 Å². The predicted octanol–water partition coefficient (Wildman–Crippen LogP) is 2.53. The smallest absolute Gasteiger partial charge is 0.315 e. The molecule has 1 heterocycles. The average Bonchev–Trinajstić information content (AvgIpc) is 3.01. The molecule has 11 nitrogen and oxygen atoms in total. The van der Waals surface area contributed by atoms with Gasteiger partial charge in [0.05, 0.1) is 29.6 Å². The molecular weight excluding hydrogens is 608 g/mol. The lowest BCUT2D eigenvalue weighted by molar-refractivity contribution is -0.298. The third-order valence-electron chi connectivity index (χ3n) is 15.4. The molecule has 1 aliphatic heterocycles. The van der Waals surface area contributed by atoms with E-state index in [1.165, 1.54) is 0 Å². The molecule has 6 rings (SSSR count). The van der Waals surface area contributed by atoms with Crippen LogP contribution in [0.5, 0.6) is 0 Å². The van der Waals surface area contributed by atoms with Crippen molar-refractivity contribution in [3.63, 3.8) is 0 Å². The van der Waals surface area contributed by atoms with Crippen molar-refractivity contribution in [2.75, 3.05) is 6.61 Å². The van der Waals surface area contributed by atoms with Crippen molar-refractivity contribution in [2.45, 2.75) is 142 Å². The van der Waals surface area contributed by atoms with Crippen LogP contribution in [-0.2, 0) is 19.1 Å². The van der Waals surface area contributed by atoms with Crippen LogP contribution in [0.4, 0.5) is 0 Å². The van der Waals surface area contributed by atoms with Crippen molar-refractivity contribution >= 4 is 11.9 Å². The van der Waals surface area contributed by atoms with Gasteiger partial charge in [0, 0.05) is 5.92 Å². The predicted molar refractivity (Wildman–Crippen MR) is 168 cm³/mol. The lowest BCUT2D eigenvalue weighted by atomic mass is 9.33. The third kappa shape index (κ3) is 4.55. The largest absolute Gasteiger partial charge is 0.481 e. The fraction of sp³-hybridized carbons (Fsp3) is 0.889. The van der Waals surface area contributed by atoms with Gasteiger partial charge in [0.25, 0.3) is 0 Å². The summed E-state index contributed by atoms with van der Waals surface area (Å²) in [6.07, 6.45) is -2.06. The second kappa shape index (κ2) is 11.2. The van der Waals surface area contributed by atoms with Gasteiger partial charge in [-0.3, -0.25) is 9.59 Å². The van der Waals surface area contributed by atoms with E-state index in [4.69, 9.17) is 9.47 Å². The van der Waals surface area contributed by atoms with Crippen LogP contribution in [0.2, 0.25) is 0 Å². The highest BCUT2D eigenvalue weighted by Crippen LogP contribution is 2.76. The molecule has 0 bridgehead atoms. The van der Waals surface area contributed by atoms with Crippen molar-refractivity contribution in [3.05, 3.63) is 11.6 Å². The molecule has 7 N–H and O–H groups in total. The number of esters is 1. The van der Waals surface area contributed by atoms with Crippen LogP contribution in [-0.4, -0.2) is 97.2 Å². The van der Waals surface area contributed by atoms with Gasteiger partial charge in [0.2, 0.25) is 6.29 Å². The summed E-state index contributed by atoms with van der Waals surface area (Å²) in [6.45, 7) is 11.9. The van der Waals surface area contributed by atoms with Gasteiger partial charge in [0.15, 0.2) is 0 Å². The van der Waals surface area contributed by atoms with E-state index in [0.717, 1.165) is 18.4 Å². The highest BCUT2D eigenvalue weighted by Gasteiger charge is 2.72. The molecule has 5 fully saturated rings. The highest BCUT2D eigenvalue weighted by molar-refractivity contribution is 5.79. The number of carboxylic acids is 1. The number of aliphatic hydroxyl groups excluding tert-OH is 6. The fourth-order valence-electron chi connectivity index (χ4n) is 12.0. The summed E-state index contributed by atoms with van der Waals surface area (Å²) in [7, 11) is 0. The molecule has 47 heavy (non-hydrogen) atoms. The second-order valence-corrected chi connectivity index (χ2v) is 17.6. The number of ether oxygens (including phenoxy) is 2. The molecule has 15 atom stereocenters. The summed E-state index contributed by atoms with van der Waals surface area (Å²) in [5, 5.41) is 74.5. The van der Waals surface area contributed by atoms with Gasteiger partial charge in [-0.25, -0.2) is 0 Å². The van der Waals surface area contributed by atoms with E-state index >= 15 is 0 Å². The topological polar surface area (TPSA) is 194 Å².